The topological polar surface area (TPSA) is 87.5 Å². The molecule has 0 aliphatic carbocycles. The summed E-state index contributed by atoms with van der Waals surface area (Å²) >= 11 is 0.628. The minimum Gasteiger partial charge on any atom is -0.349 e. The first-order chi connectivity index (χ1) is 10.8. The summed E-state index contributed by atoms with van der Waals surface area (Å²) in [4.78, 5) is 23.1. The number of piperazine rings is 1. The number of carbonyl (C=O) groups is 1. The number of hydrogen-bond acceptors (Lipinski definition) is 6. The molecule has 1 unspecified atom stereocenters. The molecule has 2 N–H and O–H groups in total. The lowest BCUT2D eigenvalue weighted by Crippen LogP contribution is -2.57. The van der Waals surface area contributed by atoms with Gasteiger partial charge in [0.25, 0.3) is 5.91 Å². The molecule has 2 heterocycles. The molecule has 1 saturated heterocycles. The molecule has 0 saturated carbocycles. The van der Waals surface area contributed by atoms with Gasteiger partial charge in [-0.1, -0.05) is 11.3 Å². The first kappa shape index (κ1) is 20.6. The van der Waals surface area contributed by atoms with Crippen LogP contribution in [0.15, 0.2) is 12.1 Å². The summed E-state index contributed by atoms with van der Waals surface area (Å²) in [5.74, 6) is -0.743. The van der Waals surface area contributed by atoms with E-state index >= 15 is 0 Å². The van der Waals surface area contributed by atoms with Crippen molar-refractivity contribution in [2.45, 2.75) is 12.2 Å². The van der Waals surface area contributed by atoms with E-state index in [1.807, 2.05) is 0 Å². The third kappa shape index (κ3) is 5.30. The Hall–Kier alpha value is -1.43. The molecule has 2 rings (SSSR count). The molecule has 12 heteroatoms. The molecule has 1 aromatic rings. The van der Waals surface area contributed by atoms with Gasteiger partial charge < -0.3 is 10.6 Å². The molecule has 1 aromatic heterocycles. The van der Waals surface area contributed by atoms with Crippen LogP contribution in [-0.4, -0.2) is 60.7 Å². The molecule has 0 spiro atoms. The molecule has 1 aliphatic heterocycles. The predicted molar refractivity (Wildman–Crippen MR) is 84.8 cm³/mol. The van der Waals surface area contributed by atoms with Gasteiger partial charge in [-0.05, 0) is 6.07 Å². The number of rotatable bonds is 5. The summed E-state index contributed by atoms with van der Waals surface area (Å²) < 4.78 is 39.5. The summed E-state index contributed by atoms with van der Waals surface area (Å²) in [7, 11) is 0. The lowest BCUT2D eigenvalue weighted by atomic mass is 10.2. The van der Waals surface area contributed by atoms with E-state index in [0.29, 0.717) is 24.4 Å². The van der Waals surface area contributed by atoms with E-state index in [9.17, 15) is 28.1 Å². The second kappa shape index (κ2) is 8.60. The van der Waals surface area contributed by atoms with E-state index in [2.05, 4.69) is 10.6 Å². The molecule has 136 valence electrons. The lowest BCUT2D eigenvalue weighted by Gasteiger charge is -2.35. The summed E-state index contributed by atoms with van der Waals surface area (Å²) in [6.07, 6.45) is -4.47. The first-order valence-corrected chi connectivity index (χ1v) is 7.64. The molecule has 1 atom stereocenters. The van der Waals surface area contributed by atoms with Gasteiger partial charge in [-0.15, -0.1) is 12.4 Å². The highest BCUT2D eigenvalue weighted by Gasteiger charge is 2.43. The zero-order chi connectivity index (χ0) is 17.0. The van der Waals surface area contributed by atoms with Crippen molar-refractivity contribution in [2.75, 3.05) is 32.7 Å². The number of halogens is 4. The van der Waals surface area contributed by atoms with Gasteiger partial charge in [0.15, 0.2) is 0 Å². The average Bonchev–Trinajstić information content (AvgIpc) is 2.97. The maximum absolute atomic E-state index is 13.2. The molecular formula is C12H16ClF3N4O3S. The summed E-state index contributed by atoms with van der Waals surface area (Å²) in [5, 5.41) is 15.5. The fourth-order valence-electron chi connectivity index (χ4n) is 2.27. The highest BCUT2D eigenvalue weighted by Crippen LogP contribution is 2.26. The van der Waals surface area contributed by atoms with Crippen LogP contribution in [0.5, 0.6) is 0 Å². The van der Waals surface area contributed by atoms with Crippen molar-refractivity contribution >= 4 is 34.7 Å². The van der Waals surface area contributed by atoms with Gasteiger partial charge >= 0.3 is 11.2 Å². The van der Waals surface area contributed by atoms with E-state index in [0.717, 1.165) is 6.07 Å². The van der Waals surface area contributed by atoms with Crippen LogP contribution in [0.3, 0.4) is 0 Å². The summed E-state index contributed by atoms with van der Waals surface area (Å²) in [6, 6.07) is 0.603. The van der Waals surface area contributed by atoms with Crippen LogP contribution in [0.4, 0.5) is 18.2 Å². The van der Waals surface area contributed by atoms with Gasteiger partial charge in [-0.2, -0.15) is 13.2 Å². The van der Waals surface area contributed by atoms with E-state index in [4.69, 9.17) is 0 Å². The second-order valence-electron chi connectivity index (χ2n) is 4.95. The fraction of sp³-hybridized carbons (Fsp3) is 0.583. The Kier molecular flexibility index (Phi) is 7.39. The van der Waals surface area contributed by atoms with E-state index < -0.39 is 29.6 Å². The van der Waals surface area contributed by atoms with Crippen molar-refractivity contribution in [1.29, 1.82) is 0 Å². The quantitative estimate of drug-likeness (QED) is 0.591. The van der Waals surface area contributed by atoms with Crippen molar-refractivity contribution in [3.8, 4) is 0 Å². The number of alkyl halides is 3. The SMILES string of the molecule is Cl.O=C(NCC(N1CCNCC1)C(F)(F)F)c1ccc([N+](=O)[O-])s1. The molecule has 24 heavy (non-hydrogen) atoms. The Morgan fingerprint density at radius 3 is 2.54 bits per heavy atom. The Morgan fingerprint density at radius 1 is 1.42 bits per heavy atom. The fourth-order valence-corrected chi connectivity index (χ4v) is 3.01. The number of nitrogens with zero attached hydrogens (tertiary/aromatic N) is 2. The molecule has 1 amide bonds. The van der Waals surface area contributed by atoms with Crippen molar-refractivity contribution in [2.24, 2.45) is 0 Å². The monoisotopic (exact) mass is 388 g/mol. The largest absolute Gasteiger partial charge is 0.405 e. The molecular weight excluding hydrogens is 373 g/mol. The Bertz CT molecular complexity index is 578. The Labute approximate surface area is 145 Å². The van der Waals surface area contributed by atoms with Crippen molar-refractivity contribution in [1.82, 2.24) is 15.5 Å². The van der Waals surface area contributed by atoms with Crippen LogP contribution in [0, 0.1) is 10.1 Å². The van der Waals surface area contributed by atoms with E-state index in [1.165, 1.54) is 11.0 Å². The van der Waals surface area contributed by atoms with Crippen LogP contribution in [-0.2, 0) is 0 Å². The van der Waals surface area contributed by atoms with Gasteiger partial charge in [-0.3, -0.25) is 19.8 Å². The third-order valence-electron chi connectivity index (χ3n) is 3.42. The van der Waals surface area contributed by atoms with Gasteiger partial charge in [0.1, 0.15) is 6.04 Å². The van der Waals surface area contributed by atoms with Crippen LogP contribution >= 0.6 is 23.7 Å². The normalized spacial score (nSPS) is 17.0. The number of hydrogen-bond donors (Lipinski definition) is 2. The third-order valence-corrected chi connectivity index (χ3v) is 4.46. The second-order valence-corrected chi connectivity index (χ2v) is 6.01. The predicted octanol–water partition coefficient (Wildman–Crippen LogP) is 1.64. The van der Waals surface area contributed by atoms with Crippen molar-refractivity contribution in [3.05, 3.63) is 27.1 Å². The molecule has 1 aliphatic rings. The standard InChI is InChI=1S/C12H15F3N4O3S.ClH/c13-12(14,15)9(18-5-3-16-4-6-18)7-17-11(20)8-1-2-10(23-8)19(21)22;/h1-2,9,16H,3-7H2,(H,17,20);1H. The number of nitrogens with one attached hydrogen (secondary N) is 2. The van der Waals surface area contributed by atoms with E-state index in [1.54, 1.807) is 0 Å². The smallest absolute Gasteiger partial charge is 0.349 e. The van der Waals surface area contributed by atoms with Crippen molar-refractivity contribution in [3.63, 3.8) is 0 Å². The average molecular weight is 389 g/mol. The number of thiophene rings is 1. The molecule has 0 aromatic carbocycles. The van der Waals surface area contributed by atoms with Gasteiger partial charge in [0.2, 0.25) is 0 Å². The molecule has 1 fully saturated rings. The molecule has 0 radical (unpaired) electrons. The highest BCUT2D eigenvalue weighted by atomic mass is 35.5. The van der Waals surface area contributed by atoms with Crippen LogP contribution in [0.1, 0.15) is 9.67 Å². The van der Waals surface area contributed by atoms with Crippen molar-refractivity contribution < 1.29 is 22.9 Å². The number of nitro groups is 1. The maximum atomic E-state index is 13.2. The lowest BCUT2D eigenvalue weighted by molar-refractivity contribution is -0.380. The van der Waals surface area contributed by atoms with Crippen LogP contribution in [0.2, 0.25) is 0 Å². The highest BCUT2D eigenvalue weighted by molar-refractivity contribution is 7.17. The molecule has 7 nitrogen and oxygen atoms in total. The molecule has 0 bridgehead atoms. The zero-order valence-electron chi connectivity index (χ0n) is 12.3. The minimum atomic E-state index is -4.47. The zero-order valence-corrected chi connectivity index (χ0v) is 14.0. The van der Waals surface area contributed by atoms with Gasteiger partial charge in [0.05, 0.1) is 9.80 Å². The summed E-state index contributed by atoms with van der Waals surface area (Å²) in [6.45, 7) is 0.804. The van der Waals surface area contributed by atoms with Crippen LogP contribution in [0.25, 0.3) is 0 Å². The number of amides is 1. The Morgan fingerprint density at radius 2 is 2.04 bits per heavy atom. The number of carbonyl (C=O) groups excluding carboxylic acids is 1. The van der Waals surface area contributed by atoms with E-state index in [-0.39, 0.29) is 35.4 Å². The Balaban J connectivity index is 0.00000288. The maximum Gasteiger partial charge on any atom is 0.405 e. The van der Waals surface area contributed by atoms with Gasteiger partial charge in [0, 0.05) is 38.8 Å². The minimum absolute atomic E-state index is 0. The summed E-state index contributed by atoms with van der Waals surface area (Å²) in [5.41, 5.74) is 0. The van der Waals surface area contributed by atoms with Gasteiger partial charge in [-0.25, -0.2) is 0 Å². The van der Waals surface area contributed by atoms with Crippen LogP contribution < -0.4 is 10.6 Å². The first-order valence-electron chi connectivity index (χ1n) is 6.83.